The molecule has 1 amide bonds. The molecule has 0 bridgehead atoms. The summed E-state index contributed by atoms with van der Waals surface area (Å²) in [4.78, 5) is 13.7. The molecule has 1 saturated carbocycles. The topological polar surface area (TPSA) is 32.3 Å². The first-order valence-electron chi connectivity index (χ1n) is 7.03. The van der Waals surface area contributed by atoms with E-state index in [-0.39, 0.29) is 6.04 Å². The second kappa shape index (κ2) is 6.47. The number of benzene rings is 1. The first-order valence-corrected chi connectivity index (χ1v) is 7.03. The van der Waals surface area contributed by atoms with E-state index < -0.39 is 28.9 Å². The fourth-order valence-electron chi connectivity index (χ4n) is 2.80. The van der Waals surface area contributed by atoms with E-state index >= 15 is 0 Å². The largest absolute Gasteiger partial charge is 0.339 e. The molecule has 1 N–H and O–H groups in total. The van der Waals surface area contributed by atoms with Gasteiger partial charge in [0.2, 0.25) is 0 Å². The molecule has 3 nitrogen and oxygen atoms in total. The van der Waals surface area contributed by atoms with Gasteiger partial charge in [0.15, 0.2) is 17.5 Å². The number of amides is 1. The Bertz CT molecular complexity index is 528. The third-order valence-corrected chi connectivity index (χ3v) is 4.24. The molecular formula is C15H19F3N2O. The van der Waals surface area contributed by atoms with Crippen LogP contribution in [-0.4, -0.2) is 37.0 Å². The van der Waals surface area contributed by atoms with Crippen molar-refractivity contribution in [3.05, 3.63) is 35.1 Å². The zero-order valence-electron chi connectivity index (χ0n) is 12.1. The summed E-state index contributed by atoms with van der Waals surface area (Å²) in [5.41, 5.74) is -0.424. The van der Waals surface area contributed by atoms with Crippen LogP contribution >= 0.6 is 0 Å². The summed E-state index contributed by atoms with van der Waals surface area (Å²) in [7, 11) is 3.48. The number of hydrogen-bond acceptors (Lipinski definition) is 2. The summed E-state index contributed by atoms with van der Waals surface area (Å²) >= 11 is 0. The van der Waals surface area contributed by atoms with Gasteiger partial charge in [-0.25, -0.2) is 13.2 Å². The van der Waals surface area contributed by atoms with Crippen LogP contribution in [0.5, 0.6) is 0 Å². The second-order valence-electron chi connectivity index (χ2n) is 5.43. The van der Waals surface area contributed by atoms with Crippen LogP contribution < -0.4 is 5.32 Å². The first-order chi connectivity index (χ1) is 9.95. The third kappa shape index (κ3) is 3.20. The lowest BCUT2D eigenvalue weighted by Gasteiger charge is -2.34. The van der Waals surface area contributed by atoms with E-state index in [1.807, 2.05) is 7.05 Å². The Kier molecular flexibility index (Phi) is 4.88. The van der Waals surface area contributed by atoms with Gasteiger partial charge < -0.3 is 10.2 Å². The number of carbonyl (C=O) groups is 1. The van der Waals surface area contributed by atoms with Gasteiger partial charge in [0, 0.05) is 19.1 Å². The van der Waals surface area contributed by atoms with Crippen molar-refractivity contribution < 1.29 is 18.0 Å². The maximum Gasteiger partial charge on any atom is 0.256 e. The molecule has 1 fully saturated rings. The maximum atomic E-state index is 13.7. The molecular weight excluding hydrogens is 281 g/mol. The SMILES string of the molecule is CNC1CCC(N(C)C(=O)c2ccc(F)c(F)c2F)CC1. The number of nitrogens with one attached hydrogen (secondary N) is 1. The Labute approximate surface area is 122 Å². The van der Waals surface area contributed by atoms with Crippen LogP contribution in [0.15, 0.2) is 12.1 Å². The quantitative estimate of drug-likeness (QED) is 0.871. The molecule has 0 atom stereocenters. The number of halogens is 3. The number of hydrogen-bond donors (Lipinski definition) is 1. The minimum atomic E-state index is -1.60. The smallest absolute Gasteiger partial charge is 0.256 e. The van der Waals surface area contributed by atoms with Crippen molar-refractivity contribution in [2.45, 2.75) is 37.8 Å². The van der Waals surface area contributed by atoms with Crippen molar-refractivity contribution in [3.63, 3.8) is 0 Å². The summed E-state index contributed by atoms with van der Waals surface area (Å²) in [6.07, 6.45) is 3.47. The molecule has 2 rings (SSSR count). The average Bonchev–Trinajstić information content (AvgIpc) is 2.51. The van der Waals surface area contributed by atoms with Crippen LogP contribution in [0.25, 0.3) is 0 Å². The van der Waals surface area contributed by atoms with E-state index in [4.69, 9.17) is 0 Å². The predicted octanol–water partition coefficient (Wildman–Crippen LogP) is 2.71. The Balaban J connectivity index is 2.11. The molecule has 0 unspecified atom stereocenters. The van der Waals surface area contributed by atoms with Crippen molar-refractivity contribution in [1.82, 2.24) is 10.2 Å². The molecule has 21 heavy (non-hydrogen) atoms. The van der Waals surface area contributed by atoms with Crippen LogP contribution in [0.4, 0.5) is 13.2 Å². The van der Waals surface area contributed by atoms with Crippen LogP contribution in [0.2, 0.25) is 0 Å². The summed E-state index contributed by atoms with van der Waals surface area (Å²) < 4.78 is 39.8. The van der Waals surface area contributed by atoms with Crippen LogP contribution in [0.3, 0.4) is 0 Å². The van der Waals surface area contributed by atoms with Crippen molar-refractivity contribution in [1.29, 1.82) is 0 Å². The minimum absolute atomic E-state index is 0.00499. The van der Waals surface area contributed by atoms with Gasteiger partial charge >= 0.3 is 0 Å². The number of nitrogens with zero attached hydrogens (tertiary/aromatic N) is 1. The lowest BCUT2D eigenvalue weighted by Crippen LogP contribution is -2.42. The monoisotopic (exact) mass is 300 g/mol. The van der Waals surface area contributed by atoms with E-state index in [1.165, 1.54) is 4.90 Å². The Morgan fingerprint density at radius 3 is 2.33 bits per heavy atom. The van der Waals surface area contributed by atoms with Crippen molar-refractivity contribution in [2.75, 3.05) is 14.1 Å². The molecule has 0 saturated heterocycles. The van der Waals surface area contributed by atoms with Gasteiger partial charge in [-0.15, -0.1) is 0 Å². The van der Waals surface area contributed by atoms with Crippen molar-refractivity contribution >= 4 is 5.91 Å². The lowest BCUT2D eigenvalue weighted by molar-refractivity contribution is 0.0679. The minimum Gasteiger partial charge on any atom is -0.339 e. The van der Waals surface area contributed by atoms with E-state index in [0.717, 1.165) is 37.8 Å². The molecule has 0 aliphatic heterocycles. The molecule has 1 aromatic rings. The van der Waals surface area contributed by atoms with Gasteiger partial charge in [0.1, 0.15) is 0 Å². The Morgan fingerprint density at radius 2 is 1.76 bits per heavy atom. The third-order valence-electron chi connectivity index (χ3n) is 4.24. The molecule has 0 radical (unpaired) electrons. The van der Waals surface area contributed by atoms with Gasteiger partial charge in [0.05, 0.1) is 5.56 Å². The van der Waals surface area contributed by atoms with Crippen LogP contribution in [-0.2, 0) is 0 Å². The molecule has 6 heteroatoms. The molecule has 116 valence electrons. The van der Waals surface area contributed by atoms with Gasteiger partial charge in [-0.2, -0.15) is 0 Å². The zero-order valence-corrected chi connectivity index (χ0v) is 12.1. The lowest BCUT2D eigenvalue weighted by atomic mass is 9.90. The predicted molar refractivity (Wildman–Crippen MR) is 73.5 cm³/mol. The normalized spacial score (nSPS) is 22.1. The summed E-state index contributed by atoms with van der Waals surface area (Å²) in [5.74, 6) is -4.93. The second-order valence-corrected chi connectivity index (χ2v) is 5.43. The average molecular weight is 300 g/mol. The molecule has 1 aromatic carbocycles. The molecule has 0 aromatic heterocycles. The molecule has 0 heterocycles. The first kappa shape index (κ1) is 15.8. The van der Waals surface area contributed by atoms with Gasteiger partial charge in [0.25, 0.3) is 5.91 Å². The fraction of sp³-hybridized carbons (Fsp3) is 0.533. The Hall–Kier alpha value is -1.56. The zero-order chi connectivity index (χ0) is 15.6. The van der Waals surface area contributed by atoms with E-state index in [0.29, 0.717) is 6.04 Å². The molecule has 0 spiro atoms. The van der Waals surface area contributed by atoms with Crippen LogP contribution in [0.1, 0.15) is 36.0 Å². The highest BCUT2D eigenvalue weighted by molar-refractivity contribution is 5.94. The van der Waals surface area contributed by atoms with Gasteiger partial charge in [-0.3, -0.25) is 4.79 Å². The number of carbonyl (C=O) groups excluding carboxylic acids is 1. The van der Waals surface area contributed by atoms with Crippen molar-refractivity contribution in [2.24, 2.45) is 0 Å². The Morgan fingerprint density at radius 1 is 1.14 bits per heavy atom. The summed E-state index contributed by atoms with van der Waals surface area (Å²) in [5, 5.41) is 3.19. The van der Waals surface area contributed by atoms with Gasteiger partial charge in [-0.1, -0.05) is 0 Å². The van der Waals surface area contributed by atoms with E-state index in [2.05, 4.69) is 5.32 Å². The van der Waals surface area contributed by atoms with Gasteiger partial charge in [-0.05, 0) is 44.9 Å². The van der Waals surface area contributed by atoms with Crippen molar-refractivity contribution in [3.8, 4) is 0 Å². The fourth-order valence-corrected chi connectivity index (χ4v) is 2.80. The van der Waals surface area contributed by atoms with E-state index in [1.54, 1.807) is 7.05 Å². The maximum absolute atomic E-state index is 13.7. The number of rotatable bonds is 3. The standard InChI is InChI=1S/C15H19F3N2O/c1-19-9-3-5-10(6-4-9)20(2)15(21)11-7-8-12(16)14(18)13(11)17/h7-10,19H,3-6H2,1-2H3. The molecule has 1 aliphatic carbocycles. The summed E-state index contributed by atoms with van der Waals surface area (Å²) in [6.45, 7) is 0. The summed E-state index contributed by atoms with van der Waals surface area (Å²) in [6, 6.07) is 2.20. The highest BCUT2D eigenvalue weighted by atomic mass is 19.2. The highest BCUT2D eigenvalue weighted by Gasteiger charge is 2.28. The highest BCUT2D eigenvalue weighted by Crippen LogP contribution is 2.24. The van der Waals surface area contributed by atoms with Crippen LogP contribution in [0, 0.1) is 17.5 Å². The molecule has 1 aliphatic rings. The van der Waals surface area contributed by atoms with E-state index in [9.17, 15) is 18.0 Å².